The van der Waals surface area contributed by atoms with Gasteiger partial charge in [-0.15, -0.1) is 0 Å². The first kappa shape index (κ1) is 35.4. The van der Waals surface area contributed by atoms with Crippen LogP contribution in [0.1, 0.15) is 93.8 Å². The van der Waals surface area contributed by atoms with Crippen LogP contribution in [0.15, 0.2) is 42.6 Å². The van der Waals surface area contributed by atoms with Crippen LogP contribution in [0.5, 0.6) is 0 Å². The smallest absolute Gasteiger partial charge is 0.335 e. The van der Waals surface area contributed by atoms with Crippen molar-refractivity contribution in [1.29, 1.82) is 0 Å². The zero-order chi connectivity index (χ0) is 34.0. The van der Waals surface area contributed by atoms with Gasteiger partial charge in [0.15, 0.2) is 5.78 Å². The highest BCUT2D eigenvalue weighted by Crippen LogP contribution is 2.31. The molecule has 1 unspecified atom stereocenters. The minimum absolute atomic E-state index is 0.00571. The van der Waals surface area contributed by atoms with Crippen molar-refractivity contribution in [3.05, 3.63) is 76.1 Å². The van der Waals surface area contributed by atoms with Crippen LogP contribution >= 0.6 is 0 Å². The van der Waals surface area contributed by atoms with Crippen LogP contribution in [-0.2, 0) is 24.2 Å². The molecule has 0 saturated carbocycles. The van der Waals surface area contributed by atoms with Gasteiger partial charge < -0.3 is 29.7 Å². The standard InChI is InChI=1S/C37H49N5O6/c1-3-5-14-41(15-6-4-2)36(45)33-24-42(16-8-13-40-17-19-48-20-18-40)35(39-33)30-12-11-26(37(46)47)21-32(30)34(44)29-10-7-9-27-23-38-28(25-43)22-31(27)29/h7,9-12,21,24,28,38,43H,3-6,8,13-20,22-23,25H2,1-2H3,(H,46,47). The predicted octanol–water partition coefficient (Wildman–Crippen LogP) is 4.25. The number of ketones is 1. The Bertz CT molecular complexity index is 1570. The first-order valence-electron chi connectivity index (χ1n) is 17.4. The second-order valence-corrected chi connectivity index (χ2v) is 12.8. The third kappa shape index (κ3) is 8.38. The van der Waals surface area contributed by atoms with Gasteiger partial charge in [0.2, 0.25) is 0 Å². The highest BCUT2D eigenvalue weighted by molar-refractivity contribution is 6.14. The van der Waals surface area contributed by atoms with Crippen LogP contribution in [-0.4, -0.2) is 106 Å². The summed E-state index contributed by atoms with van der Waals surface area (Å²) in [6.07, 6.45) is 6.79. The molecule has 258 valence electrons. The first-order valence-corrected chi connectivity index (χ1v) is 17.4. The number of unbranched alkanes of at least 4 members (excludes halogenated alkanes) is 2. The number of morpholine rings is 1. The molecule has 1 saturated heterocycles. The van der Waals surface area contributed by atoms with Gasteiger partial charge >= 0.3 is 5.97 Å². The zero-order valence-electron chi connectivity index (χ0n) is 28.2. The molecule has 1 atom stereocenters. The Balaban J connectivity index is 1.57. The monoisotopic (exact) mass is 659 g/mol. The number of nitrogens with zero attached hydrogens (tertiary/aromatic N) is 4. The number of carboxylic acid groups (broad SMARTS) is 1. The Morgan fingerprint density at radius 3 is 2.44 bits per heavy atom. The van der Waals surface area contributed by atoms with Gasteiger partial charge in [-0.2, -0.15) is 0 Å². The molecular formula is C37H49N5O6. The van der Waals surface area contributed by atoms with E-state index in [0.717, 1.165) is 62.9 Å². The third-order valence-electron chi connectivity index (χ3n) is 9.34. The molecule has 11 heteroatoms. The molecule has 0 aliphatic carbocycles. The lowest BCUT2D eigenvalue weighted by Gasteiger charge is -2.27. The topological polar surface area (TPSA) is 137 Å². The van der Waals surface area contributed by atoms with Crippen molar-refractivity contribution in [2.24, 2.45) is 0 Å². The Morgan fingerprint density at radius 2 is 1.75 bits per heavy atom. The molecule has 1 aromatic heterocycles. The fourth-order valence-electron chi connectivity index (χ4n) is 6.53. The Kier molecular flexibility index (Phi) is 12.5. The Morgan fingerprint density at radius 1 is 1.00 bits per heavy atom. The summed E-state index contributed by atoms with van der Waals surface area (Å²) in [5, 5.41) is 23.1. The number of rotatable bonds is 16. The van der Waals surface area contributed by atoms with E-state index >= 15 is 0 Å². The van der Waals surface area contributed by atoms with Gasteiger partial charge in [-0.1, -0.05) is 44.9 Å². The Labute approximate surface area is 282 Å². The van der Waals surface area contributed by atoms with E-state index in [0.29, 0.717) is 68.5 Å². The zero-order valence-corrected chi connectivity index (χ0v) is 28.2. The summed E-state index contributed by atoms with van der Waals surface area (Å²) in [5.74, 6) is -1.12. The number of ether oxygens (including phenoxy) is 1. The molecule has 5 rings (SSSR count). The van der Waals surface area contributed by atoms with E-state index in [1.54, 1.807) is 18.3 Å². The summed E-state index contributed by atoms with van der Waals surface area (Å²) in [4.78, 5) is 49.7. The number of aryl methyl sites for hydroxylation is 1. The van der Waals surface area contributed by atoms with Crippen molar-refractivity contribution in [1.82, 2.24) is 24.7 Å². The average Bonchev–Trinajstić information content (AvgIpc) is 3.54. The van der Waals surface area contributed by atoms with Gasteiger partial charge in [-0.05, 0) is 55.0 Å². The maximum atomic E-state index is 14.5. The van der Waals surface area contributed by atoms with Crippen molar-refractivity contribution in [3.8, 4) is 11.4 Å². The van der Waals surface area contributed by atoms with Crippen molar-refractivity contribution in [3.63, 3.8) is 0 Å². The van der Waals surface area contributed by atoms with Crippen LogP contribution < -0.4 is 5.32 Å². The largest absolute Gasteiger partial charge is 0.478 e. The van der Waals surface area contributed by atoms with Crippen molar-refractivity contribution >= 4 is 17.7 Å². The summed E-state index contributed by atoms with van der Waals surface area (Å²) in [6.45, 7) is 10.5. The summed E-state index contributed by atoms with van der Waals surface area (Å²) < 4.78 is 7.45. The molecule has 0 spiro atoms. The molecule has 11 nitrogen and oxygen atoms in total. The third-order valence-corrected chi connectivity index (χ3v) is 9.34. The molecule has 1 fully saturated rings. The molecular weight excluding hydrogens is 610 g/mol. The van der Waals surface area contributed by atoms with Crippen LogP contribution in [0.3, 0.4) is 0 Å². The highest BCUT2D eigenvalue weighted by atomic mass is 16.5. The van der Waals surface area contributed by atoms with Crippen LogP contribution in [0.4, 0.5) is 0 Å². The summed E-state index contributed by atoms with van der Waals surface area (Å²) in [7, 11) is 0. The highest BCUT2D eigenvalue weighted by Gasteiger charge is 2.28. The number of hydrogen-bond donors (Lipinski definition) is 3. The van der Waals surface area contributed by atoms with E-state index in [2.05, 4.69) is 24.1 Å². The van der Waals surface area contributed by atoms with Crippen LogP contribution in [0, 0.1) is 0 Å². The molecule has 3 aromatic rings. The fourth-order valence-corrected chi connectivity index (χ4v) is 6.53. The number of benzene rings is 2. The van der Waals surface area contributed by atoms with E-state index in [1.165, 1.54) is 12.1 Å². The van der Waals surface area contributed by atoms with E-state index in [1.807, 2.05) is 21.6 Å². The number of nitrogens with one attached hydrogen (secondary N) is 1. The predicted molar refractivity (Wildman–Crippen MR) is 184 cm³/mol. The van der Waals surface area contributed by atoms with E-state index < -0.39 is 5.97 Å². The van der Waals surface area contributed by atoms with Gasteiger partial charge in [0, 0.05) is 74.7 Å². The molecule has 0 radical (unpaired) electrons. The molecule has 3 heterocycles. The number of carboxylic acids is 1. The van der Waals surface area contributed by atoms with Gasteiger partial charge in [0.25, 0.3) is 5.91 Å². The average molecular weight is 660 g/mol. The number of aliphatic hydroxyl groups excluding tert-OH is 1. The molecule has 2 aliphatic heterocycles. The number of aliphatic hydroxyl groups is 1. The molecule has 1 amide bonds. The van der Waals surface area contributed by atoms with E-state index in [9.17, 15) is 24.6 Å². The van der Waals surface area contributed by atoms with Crippen molar-refractivity contribution in [2.45, 2.75) is 71.5 Å². The number of hydrogen-bond acceptors (Lipinski definition) is 8. The number of amides is 1. The second kappa shape index (κ2) is 17.0. The maximum absolute atomic E-state index is 14.5. The van der Waals surface area contributed by atoms with Gasteiger partial charge in [0.05, 0.1) is 25.4 Å². The number of fused-ring (bicyclic) bond motifs is 1. The lowest BCUT2D eigenvalue weighted by molar-refractivity contribution is 0.0369. The molecule has 48 heavy (non-hydrogen) atoms. The summed E-state index contributed by atoms with van der Waals surface area (Å²) in [6, 6.07) is 9.93. The van der Waals surface area contributed by atoms with E-state index in [-0.39, 0.29) is 35.5 Å². The number of aromatic carboxylic acids is 1. The lowest BCUT2D eigenvalue weighted by atomic mass is 9.87. The normalized spacial score (nSPS) is 16.4. The van der Waals surface area contributed by atoms with Crippen LogP contribution in [0.25, 0.3) is 11.4 Å². The molecule has 2 aliphatic rings. The van der Waals surface area contributed by atoms with Crippen LogP contribution in [0.2, 0.25) is 0 Å². The summed E-state index contributed by atoms with van der Waals surface area (Å²) in [5.41, 5.74) is 3.30. The van der Waals surface area contributed by atoms with Gasteiger partial charge in [-0.3, -0.25) is 14.5 Å². The van der Waals surface area contributed by atoms with Gasteiger partial charge in [0.1, 0.15) is 11.5 Å². The quantitative estimate of drug-likeness (QED) is 0.193. The minimum atomic E-state index is -1.14. The number of carbonyl (C=O) groups excluding carboxylic acids is 2. The second-order valence-electron chi connectivity index (χ2n) is 12.8. The number of imidazole rings is 1. The Hall–Kier alpha value is -3.90. The molecule has 3 N–H and O–H groups in total. The van der Waals surface area contributed by atoms with E-state index in [4.69, 9.17) is 9.72 Å². The molecule has 0 bridgehead atoms. The number of carbonyl (C=O) groups is 3. The minimum Gasteiger partial charge on any atom is -0.478 e. The van der Waals surface area contributed by atoms with Crippen molar-refractivity contribution in [2.75, 3.05) is 52.5 Å². The number of aromatic nitrogens is 2. The lowest BCUT2D eigenvalue weighted by Crippen LogP contribution is -2.39. The fraction of sp³-hybridized carbons (Fsp3) is 0.514. The first-order chi connectivity index (χ1) is 23.3. The SMILES string of the molecule is CCCCN(CCCC)C(=O)c1cn(CCCN2CCOCC2)c(-c2ccc(C(=O)O)cc2C(=O)c2cccc3c2CC(CO)NC3)n1. The summed E-state index contributed by atoms with van der Waals surface area (Å²) >= 11 is 0. The molecule has 2 aromatic carbocycles. The van der Waals surface area contributed by atoms with Crippen molar-refractivity contribution < 1.29 is 29.3 Å². The van der Waals surface area contributed by atoms with Gasteiger partial charge in [-0.25, -0.2) is 9.78 Å². The maximum Gasteiger partial charge on any atom is 0.335 e.